The molecule has 0 saturated heterocycles. The molecule has 59 heavy (non-hydrogen) atoms. The summed E-state index contributed by atoms with van der Waals surface area (Å²) in [5.41, 5.74) is 4.49. The molecule has 0 radical (unpaired) electrons. The summed E-state index contributed by atoms with van der Waals surface area (Å²) >= 11 is 0. The first-order chi connectivity index (χ1) is 28.6. The zero-order valence-corrected chi connectivity index (χ0v) is 32.2. The first-order valence-corrected chi connectivity index (χ1v) is 18.5. The number of aromatic nitrogens is 3. The number of phenols is 1. The smallest absolute Gasteiger partial charge is 0.347 e. The van der Waals surface area contributed by atoms with Crippen LogP contribution in [0.15, 0.2) is 153 Å². The maximum Gasteiger partial charge on any atom is 0.347 e. The van der Waals surface area contributed by atoms with Gasteiger partial charge in [-0.05, 0) is 41.3 Å². The van der Waals surface area contributed by atoms with Gasteiger partial charge in [0.25, 0.3) is 0 Å². The molecule has 0 bridgehead atoms. The van der Waals surface area contributed by atoms with Crippen molar-refractivity contribution in [2.45, 2.75) is 13.0 Å². The summed E-state index contributed by atoms with van der Waals surface area (Å²) in [4.78, 5) is 50.9. The number of carbonyl (C=O) groups is 3. The highest BCUT2D eigenvalue weighted by Gasteiger charge is 2.36. The summed E-state index contributed by atoms with van der Waals surface area (Å²) in [7, 11) is 0. The van der Waals surface area contributed by atoms with Gasteiger partial charge in [-0.15, -0.1) is 0 Å². The van der Waals surface area contributed by atoms with E-state index in [9.17, 15) is 24.6 Å². The van der Waals surface area contributed by atoms with Crippen LogP contribution in [0.3, 0.4) is 0 Å². The van der Waals surface area contributed by atoms with E-state index in [0.717, 1.165) is 45.5 Å². The number of phenolic OH excluding ortho intramolecular Hbond substituents is 1. The van der Waals surface area contributed by atoms with Crippen molar-refractivity contribution in [2.75, 3.05) is 26.4 Å². The van der Waals surface area contributed by atoms with Crippen molar-refractivity contribution in [2.24, 2.45) is 5.41 Å². The molecule has 0 aliphatic heterocycles. The van der Waals surface area contributed by atoms with Crippen molar-refractivity contribution >= 4 is 17.9 Å². The number of nitrogens with zero attached hydrogens (tertiary/aromatic N) is 3. The average Bonchev–Trinajstić information content (AvgIpc) is 3.29. The van der Waals surface area contributed by atoms with Gasteiger partial charge in [-0.25, -0.2) is 29.3 Å². The molecular weight excluding hydrogens is 751 g/mol. The molecule has 0 saturated carbocycles. The van der Waals surface area contributed by atoms with Gasteiger partial charge in [-0.2, -0.15) is 0 Å². The van der Waals surface area contributed by atoms with Gasteiger partial charge in [0.05, 0.1) is 17.6 Å². The lowest BCUT2D eigenvalue weighted by Gasteiger charge is -2.30. The normalized spacial score (nSPS) is 11.5. The Hall–Kier alpha value is -7.44. The molecule has 12 nitrogen and oxygen atoms in total. The maximum absolute atomic E-state index is 13.1. The van der Waals surface area contributed by atoms with Crippen LogP contribution in [0.25, 0.3) is 56.4 Å². The summed E-state index contributed by atoms with van der Waals surface area (Å²) in [6.45, 7) is 6.03. The van der Waals surface area contributed by atoms with Gasteiger partial charge < -0.3 is 29.2 Å². The molecule has 12 heteroatoms. The number of esters is 3. The maximum atomic E-state index is 13.1. The van der Waals surface area contributed by atoms with E-state index in [1.54, 1.807) is 12.1 Å². The summed E-state index contributed by atoms with van der Waals surface area (Å²) < 4.78 is 21.4. The Bertz CT molecular complexity index is 2300. The molecule has 6 aromatic rings. The van der Waals surface area contributed by atoms with E-state index in [1.165, 1.54) is 13.0 Å². The van der Waals surface area contributed by atoms with Crippen LogP contribution >= 0.6 is 0 Å². The molecule has 0 aliphatic carbocycles. The van der Waals surface area contributed by atoms with E-state index < -0.39 is 55.9 Å². The molecule has 5 aromatic carbocycles. The van der Waals surface area contributed by atoms with E-state index in [1.807, 2.05) is 109 Å². The van der Waals surface area contributed by atoms with Crippen LogP contribution in [-0.4, -0.2) is 75.6 Å². The third kappa shape index (κ3) is 10.5. The summed E-state index contributed by atoms with van der Waals surface area (Å²) in [5, 5.41) is 21.5. The SMILES string of the molecule is C=CC(=O)OCC(CO)(COC(=O)C=C)COC(=O)C(C)Oc1ccc(-c2nc(-c3ccc(-c4ccccc4)cc3)nc(-c3ccc(-c4ccccc4)cc3)n2)c(O)c1. The first kappa shape index (κ1) is 41.2. The predicted octanol–water partition coefficient (Wildman–Crippen LogP) is 7.66. The Morgan fingerprint density at radius 3 is 1.47 bits per heavy atom. The quantitative estimate of drug-likeness (QED) is 0.0527. The second-order valence-corrected chi connectivity index (χ2v) is 13.5. The molecule has 2 N–H and O–H groups in total. The zero-order valence-electron chi connectivity index (χ0n) is 32.2. The van der Waals surface area contributed by atoms with Crippen molar-refractivity contribution in [3.8, 4) is 67.9 Å². The second-order valence-electron chi connectivity index (χ2n) is 13.5. The lowest BCUT2D eigenvalue weighted by molar-refractivity contribution is -0.165. The van der Waals surface area contributed by atoms with Crippen LogP contribution in [-0.2, 0) is 28.6 Å². The van der Waals surface area contributed by atoms with Crippen LogP contribution in [0.5, 0.6) is 11.5 Å². The van der Waals surface area contributed by atoms with Gasteiger partial charge in [0.1, 0.15) is 31.3 Å². The Balaban J connectivity index is 1.24. The third-order valence-electron chi connectivity index (χ3n) is 9.22. The van der Waals surface area contributed by atoms with Crippen LogP contribution < -0.4 is 4.74 Å². The average molecular weight is 792 g/mol. The molecular formula is C47H41N3O9. The van der Waals surface area contributed by atoms with Gasteiger partial charge >= 0.3 is 17.9 Å². The third-order valence-corrected chi connectivity index (χ3v) is 9.22. The molecule has 1 unspecified atom stereocenters. The lowest BCUT2D eigenvalue weighted by Crippen LogP contribution is -2.43. The standard InChI is InChI=1S/C47H41N3O9/c1-4-41(53)56-28-47(27-51,29-57-42(54)5-2)30-58-46(55)31(3)59-38-24-25-39(40(52)26-38)45-49-43(36-20-16-34(17-21-36)32-12-8-6-9-13-32)48-44(50-45)37-22-18-35(19-23-37)33-14-10-7-11-15-33/h4-26,31,51-52H,1-2,27-30H2,3H3. The van der Waals surface area contributed by atoms with E-state index >= 15 is 0 Å². The molecule has 0 aliphatic rings. The number of hydrogen-bond acceptors (Lipinski definition) is 12. The zero-order chi connectivity index (χ0) is 41.8. The Morgan fingerprint density at radius 1 is 0.610 bits per heavy atom. The highest BCUT2D eigenvalue weighted by molar-refractivity contribution is 5.82. The number of aromatic hydroxyl groups is 1. The Labute approximate surface area is 341 Å². The minimum absolute atomic E-state index is 0.131. The number of carbonyl (C=O) groups excluding carboxylic acids is 3. The Morgan fingerprint density at radius 2 is 1.03 bits per heavy atom. The van der Waals surface area contributed by atoms with Crippen LogP contribution in [0.1, 0.15) is 6.92 Å². The topological polar surface area (TPSA) is 167 Å². The van der Waals surface area contributed by atoms with Gasteiger partial charge in [-0.3, -0.25) is 0 Å². The number of aliphatic hydroxyl groups excluding tert-OH is 1. The van der Waals surface area contributed by atoms with Crippen molar-refractivity contribution in [1.29, 1.82) is 0 Å². The molecule has 0 amide bonds. The summed E-state index contributed by atoms with van der Waals surface area (Å²) in [6.07, 6.45) is 0.652. The number of aliphatic hydroxyl groups is 1. The van der Waals surface area contributed by atoms with E-state index in [4.69, 9.17) is 33.9 Å². The monoisotopic (exact) mass is 791 g/mol. The molecule has 6 rings (SSSR count). The highest BCUT2D eigenvalue weighted by Crippen LogP contribution is 2.34. The van der Waals surface area contributed by atoms with E-state index in [-0.39, 0.29) is 22.9 Å². The fourth-order valence-electron chi connectivity index (χ4n) is 5.84. The van der Waals surface area contributed by atoms with Gasteiger partial charge in [0, 0.05) is 29.3 Å². The van der Waals surface area contributed by atoms with Crippen LogP contribution in [0.2, 0.25) is 0 Å². The molecule has 1 atom stereocenters. The summed E-state index contributed by atoms with van der Waals surface area (Å²) in [6, 6.07) is 40.2. The molecule has 0 fully saturated rings. The van der Waals surface area contributed by atoms with Crippen molar-refractivity contribution in [3.05, 3.63) is 153 Å². The van der Waals surface area contributed by atoms with Crippen molar-refractivity contribution in [1.82, 2.24) is 15.0 Å². The van der Waals surface area contributed by atoms with Crippen molar-refractivity contribution in [3.63, 3.8) is 0 Å². The van der Waals surface area contributed by atoms with E-state index in [0.29, 0.717) is 11.6 Å². The highest BCUT2D eigenvalue weighted by atomic mass is 16.6. The molecule has 298 valence electrons. The summed E-state index contributed by atoms with van der Waals surface area (Å²) in [5.74, 6) is -1.53. The largest absolute Gasteiger partial charge is 0.507 e. The fraction of sp³-hybridized carbons (Fsp3) is 0.149. The molecule has 1 aromatic heterocycles. The first-order valence-electron chi connectivity index (χ1n) is 18.5. The van der Waals surface area contributed by atoms with E-state index in [2.05, 4.69) is 13.2 Å². The minimum Gasteiger partial charge on any atom is -0.507 e. The fourth-order valence-corrected chi connectivity index (χ4v) is 5.84. The second kappa shape index (κ2) is 19.1. The van der Waals surface area contributed by atoms with Crippen molar-refractivity contribution < 1.29 is 43.5 Å². The number of rotatable bonds is 17. The van der Waals surface area contributed by atoms with Crippen LogP contribution in [0.4, 0.5) is 0 Å². The molecule has 1 heterocycles. The van der Waals surface area contributed by atoms with Crippen LogP contribution in [0, 0.1) is 5.41 Å². The van der Waals surface area contributed by atoms with Gasteiger partial charge in [0.2, 0.25) is 0 Å². The molecule has 0 spiro atoms. The van der Waals surface area contributed by atoms with Gasteiger partial charge in [-0.1, -0.05) is 122 Å². The lowest BCUT2D eigenvalue weighted by atomic mass is 9.92. The van der Waals surface area contributed by atoms with Gasteiger partial charge in [0.15, 0.2) is 23.6 Å². The predicted molar refractivity (Wildman–Crippen MR) is 222 cm³/mol. The Kier molecular flexibility index (Phi) is 13.4. The minimum atomic E-state index is -1.48. The number of benzene rings is 5. The number of ether oxygens (including phenoxy) is 4. The number of hydrogen-bond donors (Lipinski definition) is 2.